The van der Waals surface area contributed by atoms with Crippen molar-refractivity contribution < 1.29 is 4.79 Å². The van der Waals surface area contributed by atoms with Crippen molar-refractivity contribution in [3.05, 3.63) is 34.9 Å². The van der Waals surface area contributed by atoms with Gasteiger partial charge >= 0.3 is 0 Å². The zero-order valence-corrected chi connectivity index (χ0v) is 12.3. The lowest BCUT2D eigenvalue weighted by molar-refractivity contribution is 0.0771. The van der Waals surface area contributed by atoms with E-state index in [1.165, 1.54) is 11.1 Å². The molecule has 0 aromatic heterocycles. The van der Waals surface area contributed by atoms with Gasteiger partial charge in [-0.1, -0.05) is 26.0 Å². The molecule has 1 rings (SSSR count). The lowest BCUT2D eigenvalue weighted by Crippen LogP contribution is -2.31. The van der Waals surface area contributed by atoms with E-state index in [0.29, 0.717) is 5.92 Å². The summed E-state index contributed by atoms with van der Waals surface area (Å²) < 4.78 is 0. The van der Waals surface area contributed by atoms with Gasteiger partial charge < -0.3 is 4.90 Å². The van der Waals surface area contributed by atoms with E-state index in [0.717, 1.165) is 25.1 Å². The van der Waals surface area contributed by atoms with Crippen LogP contribution in [0.4, 0.5) is 0 Å². The number of hydrogen-bond donors (Lipinski definition) is 0. The molecule has 2 nitrogen and oxygen atoms in total. The summed E-state index contributed by atoms with van der Waals surface area (Å²) in [6.07, 6.45) is 1.06. The van der Waals surface area contributed by atoms with Gasteiger partial charge in [0.25, 0.3) is 5.91 Å². The van der Waals surface area contributed by atoms with Crippen molar-refractivity contribution in [2.75, 3.05) is 13.1 Å². The average molecular weight is 247 g/mol. The molecule has 1 aromatic rings. The van der Waals surface area contributed by atoms with Gasteiger partial charge in [0.15, 0.2) is 0 Å². The number of aryl methyl sites for hydroxylation is 1. The third kappa shape index (κ3) is 2.92. The predicted molar refractivity (Wildman–Crippen MR) is 77.1 cm³/mol. The highest BCUT2D eigenvalue weighted by atomic mass is 16.2. The third-order valence-electron chi connectivity index (χ3n) is 3.71. The molecule has 0 N–H and O–H groups in total. The number of carbonyl (C=O) groups excluding carboxylic acids is 1. The van der Waals surface area contributed by atoms with E-state index in [-0.39, 0.29) is 5.91 Å². The van der Waals surface area contributed by atoms with Gasteiger partial charge in [0.1, 0.15) is 0 Å². The van der Waals surface area contributed by atoms with E-state index < -0.39 is 0 Å². The standard InChI is InChI=1S/C16H25NO/c1-6-12(4)15-13(5)10-9-11-14(15)16(18)17(7-2)8-3/h9-12H,6-8H2,1-5H3. The first-order chi connectivity index (χ1) is 8.56. The van der Waals surface area contributed by atoms with E-state index >= 15 is 0 Å². The lowest BCUT2D eigenvalue weighted by Gasteiger charge is -2.23. The zero-order valence-electron chi connectivity index (χ0n) is 12.3. The van der Waals surface area contributed by atoms with Crippen molar-refractivity contribution in [3.8, 4) is 0 Å². The van der Waals surface area contributed by atoms with E-state index in [9.17, 15) is 4.79 Å². The monoisotopic (exact) mass is 247 g/mol. The fraction of sp³-hybridized carbons (Fsp3) is 0.562. The third-order valence-corrected chi connectivity index (χ3v) is 3.71. The minimum Gasteiger partial charge on any atom is -0.339 e. The summed E-state index contributed by atoms with van der Waals surface area (Å²) in [4.78, 5) is 14.4. The molecule has 2 heteroatoms. The van der Waals surface area contributed by atoms with Crippen LogP contribution in [0.3, 0.4) is 0 Å². The molecule has 1 atom stereocenters. The van der Waals surface area contributed by atoms with Crippen LogP contribution in [-0.2, 0) is 0 Å². The second-order valence-corrected chi connectivity index (χ2v) is 4.82. The van der Waals surface area contributed by atoms with Crippen LogP contribution in [0, 0.1) is 6.92 Å². The molecule has 1 amide bonds. The Kier molecular flexibility index (Phi) is 5.39. The van der Waals surface area contributed by atoms with Crippen LogP contribution in [0.15, 0.2) is 18.2 Å². The van der Waals surface area contributed by atoms with Gasteiger partial charge in [-0.3, -0.25) is 4.79 Å². The van der Waals surface area contributed by atoms with Crippen molar-refractivity contribution in [1.82, 2.24) is 4.90 Å². The number of hydrogen-bond acceptors (Lipinski definition) is 1. The number of nitrogens with zero attached hydrogens (tertiary/aromatic N) is 1. The predicted octanol–water partition coefficient (Wildman–Crippen LogP) is 3.99. The normalized spacial score (nSPS) is 12.3. The Labute approximate surface area is 111 Å². The Morgan fingerprint density at radius 3 is 2.33 bits per heavy atom. The van der Waals surface area contributed by atoms with Crippen LogP contribution in [0.5, 0.6) is 0 Å². The molecule has 0 saturated heterocycles. The van der Waals surface area contributed by atoms with E-state index in [1.807, 2.05) is 30.9 Å². The van der Waals surface area contributed by atoms with E-state index in [1.54, 1.807) is 0 Å². The number of rotatable bonds is 5. The summed E-state index contributed by atoms with van der Waals surface area (Å²) in [5, 5.41) is 0. The van der Waals surface area contributed by atoms with Crippen LogP contribution in [0.1, 0.15) is 61.5 Å². The molecule has 0 aliphatic rings. The SMILES string of the molecule is CCC(C)c1c(C)cccc1C(=O)N(CC)CC. The highest BCUT2D eigenvalue weighted by molar-refractivity contribution is 5.96. The lowest BCUT2D eigenvalue weighted by atomic mass is 9.89. The first-order valence-corrected chi connectivity index (χ1v) is 6.95. The molecule has 0 aliphatic heterocycles. The smallest absolute Gasteiger partial charge is 0.254 e. The Bertz CT molecular complexity index is 408. The number of amides is 1. The second-order valence-electron chi connectivity index (χ2n) is 4.82. The quantitative estimate of drug-likeness (QED) is 0.770. The molecule has 0 heterocycles. The van der Waals surface area contributed by atoms with Crippen LogP contribution in [0.2, 0.25) is 0 Å². The van der Waals surface area contributed by atoms with Crippen molar-refractivity contribution in [1.29, 1.82) is 0 Å². The molecule has 0 aliphatic carbocycles. The Morgan fingerprint density at radius 1 is 1.22 bits per heavy atom. The summed E-state index contributed by atoms with van der Waals surface area (Å²) >= 11 is 0. The molecular formula is C16H25NO. The van der Waals surface area contributed by atoms with Crippen molar-refractivity contribution >= 4 is 5.91 Å². The molecule has 0 radical (unpaired) electrons. The van der Waals surface area contributed by atoms with Crippen molar-refractivity contribution in [2.24, 2.45) is 0 Å². The molecule has 0 saturated carbocycles. The van der Waals surface area contributed by atoms with Gasteiger partial charge in [-0.15, -0.1) is 0 Å². The maximum absolute atomic E-state index is 12.5. The minimum atomic E-state index is 0.166. The van der Waals surface area contributed by atoms with Crippen molar-refractivity contribution in [2.45, 2.75) is 47.0 Å². The Balaban J connectivity index is 3.23. The maximum atomic E-state index is 12.5. The highest BCUT2D eigenvalue weighted by Gasteiger charge is 2.20. The first kappa shape index (κ1) is 14.7. The van der Waals surface area contributed by atoms with Gasteiger partial charge in [0, 0.05) is 18.7 Å². The van der Waals surface area contributed by atoms with Gasteiger partial charge in [0.05, 0.1) is 0 Å². The molecule has 100 valence electrons. The molecular weight excluding hydrogens is 222 g/mol. The topological polar surface area (TPSA) is 20.3 Å². The van der Waals surface area contributed by atoms with Gasteiger partial charge in [-0.25, -0.2) is 0 Å². The highest BCUT2D eigenvalue weighted by Crippen LogP contribution is 2.27. The fourth-order valence-corrected chi connectivity index (χ4v) is 2.41. The molecule has 0 bridgehead atoms. The van der Waals surface area contributed by atoms with Gasteiger partial charge in [-0.05, 0) is 50.3 Å². The molecule has 1 unspecified atom stereocenters. The Morgan fingerprint density at radius 2 is 1.83 bits per heavy atom. The van der Waals surface area contributed by atoms with Crippen molar-refractivity contribution in [3.63, 3.8) is 0 Å². The first-order valence-electron chi connectivity index (χ1n) is 6.95. The van der Waals surface area contributed by atoms with Crippen LogP contribution >= 0.6 is 0 Å². The fourth-order valence-electron chi connectivity index (χ4n) is 2.41. The zero-order chi connectivity index (χ0) is 13.7. The van der Waals surface area contributed by atoms with E-state index in [2.05, 4.69) is 26.8 Å². The maximum Gasteiger partial charge on any atom is 0.254 e. The van der Waals surface area contributed by atoms with Crippen LogP contribution in [-0.4, -0.2) is 23.9 Å². The van der Waals surface area contributed by atoms with Crippen LogP contribution < -0.4 is 0 Å². The summed E-state index contributed by atoms with van der Waals surface area (Å²) in [5.41, 5.74) is 3.33. The second kappa shape index (κ2) is 6.58. The molecule has 18 heavy (non-hydrogen) atoms. The molecule has 0 fully saturated rings. The minimum absolute atomic E-state index is 0.166. The van der Waals surface area contributed by atoms with Gasteiger partial charge in [-0.2, -0.15) is 0 Å². The van der Waals surface area contributed by atoms with E-state index in [4.69, 9.17) is 0 Å². The van der Waals surface area contributed by atoms with Gasteiger partial charge in [0.2, 0.25) is 0 Å². The van der Waals surface area contributed by atoms with Crippen LogP contribution in [0.25, 0.3) is 0 Å². The number of benzene rings is 1. The summed E-state index contributed by atoms with van der Waals surface area (Å²) in [6, 6.07) is 6.05. The number of carbonyl (C=O) groups is 1. The Hall–Kier alpha value is -1.31. The summed E-state index contributed by atoms with van der Waals surface area (Å²) in [6.45, 7) is 12.1. The average Bonchev–Trinajstić information content (AvgIpc) is 2.38. The summed E-state index contributed by atoms with van der Waals surface area (Å²) in [7, 11) is 0. The molecule has 1 aromatic carbocycles. The molecule has 0 spiro atoms. The summed E-state index contributed by atoms with van der Waals surface area (Å²) in [5.74, 6) is 0.597. The largest absolute Gasteiger partial charge is 0.339 e.